The Morgan fingerprint density at radius 1 is 1.50 bits per heavy atom. The number of benzene rings is 1. The second-order valence-corrected chi connectivity index (χ2v) is 3.89. The van der Waals surface area contributed by atoms with Crippen LogP contribution in [-0.2, 0) is 0 Å². The molecular formula is C9H7ClO3S. The monoisotopic (exact) mass is 230 g/mol. The molecule has 0 spiro atoms. The summed E-state index contributed by atoms with van der Waals surface area (Å²) in [4.78, 5) is 12.0. The molecule has 0 fully saturated rings. The fourth-order valence-electron chi connectivity index (χ4n) is 1.39. The zero-order chi connectivity index (χ0) is 10.1. The van der Waals surface area contributed by atoms with Gasteiger partial charge in [-0.05, 0) is 12.1 Å². The van der Waals surface area contributed by atoms with Crippen LogP contribution in [0.3, 0.4) is 0 Å². The van der Waals surface area contributed by atoms with Crippen molar-refractivity contribution < 1.29 is 14.1 Å². The largest absolute Gasteiger partial charge is 0.491 e. The second kappa shape index (κ2) is 3.81. The Bertz CT molecular complexity index is 392. The molecule has 0 unspecified atom stereocenters. The molecule has 0 atom stereocenters. The van der Waals surface area contributed by atoms with Crippen LogP contribution < -0.4 is 4.74 Å². The number of ketones is 1. The minimum Gasteiger partial charge on any atom is -0.491 e. The highest BCUT2D eigenvalue weighted by Crippen LogP contribution is 2.38. The average Bonchev–Trinajstić information content (AvgIpc) is 2.20. The number of Topliss-reactive ketones (excluding diaryl/α,β-unsaturated/α-hetero) is 1. The summed E-state index contributed by atoms with van der Waals surface area (Å²) in [5.41, 5.74) is 0.399. The third-order valence-corrected chi connectivity index (χ3v) is 2.86. The van der Waals surface area contributed by atoms with Gasteiger partial charge in [0.15, 0.2) is 5.78 Å². The van der Waals surface area contributed by atoms with E-state index in [1.54, 1.807) is 12.1 Å². The molecule has 3 nitrogen and oxygen atoms in total. The smallest absolute Gasteiger partial charge is 0.171 e. The normalized spacial score (nSPS) is 14.9. The maximum absolute atomic E-state index is 11.6. The van der Waals surface area contributed by atoms with Gasteiger partial charge in [-0.25, -0.2) is 0 Å². The van der Waals surface area contributed by atoms with Gasteiger partial charge in [0, 0.05) is 23.4 Å². The summed E-state index contributed by atoms with van der Waals surface area (Å²) in [5, 5.41) is 0.408. The molecule has 0 saturated carbocycles. The van der Waals surface area contributed by atoms with Crippen molar-refractivity contribution in [3.05, 3.63) is 22.7 Å². The van der Waals surface area contributed by atoms with Gasteiger partial charge < -0.3 is 9.29 Å². The molecule has 74 valence electrons. The molecule has 1 heterocycles. The quantitative estimate of drug-likeness (QED) is 0.754. The van der Waals surface area contributed by atoms with Gasteiger partial charge in [-0.2, -0.15) is 0 Å². The Kier molecular flexibility index (Phi) is 2.67. The van der Waals surface area contributed by atoms with Crippen molar-refractivity contribution in [2.24, 2.45) is 0 Å². The first kappa shape index (κ1) is 9.83. The molecule has 0 aliphatic carbocycles. The molecule has 0 amide bonds. The Morgan fingerprint density at radius 2 is 2.29 bits per heavy atom. The molecule has 0 saturated heterocycles. The van der Waals surface area contributed by atoms with E-state index in [-0.39, 0.29) is 5.78 Å². The standard InChI is InChI=1S/C9H7ClO3S/c10-5-1-2-7(14-12)8-6(11)3-4-13-9(5)8/h1-2,12H,3-4H2. The second-order valence-electron chi connectivity index (χ2n) is 2.86. The van der Waals surface area contributed by atoms with Crippen LogP contribution in [0.1, 0.15) is 16.8 Å². The van der Waals surface area contributed by atoms with Crippen LogP contribution in [0, 0.1) is 0 Å². The highest BCUT2D eigenvalue weighted by molar-refractivity contribution is 7.93. The van der Waals surface area contributed by atoms with Crippen molar-refractivity contribution >= 4 is 29.4 Å². The minimum atomic E-state index is -0.0368. The lowest BCUT2D eigenvalue weighted by Crippen LogP contribution is -2.16. The van der Waals surface area contributed by atoms with Crippen molar-refractivity contribution in [1.29, 1.82) is 0 Å². The van der Waals surface area contributed by atoms with E-state index >= 15 is 0 Å². The Hall–Kier alpha value is -0.710. The van der Waals surface area contributed by atoms with E-state index in [1.807, 2.05) is 0 Å². The van der Waals surface area contributed by atoms with Crippen molar-refractivity contribution in [2.45, 2.75) is 11.3 Å². The lowest BCUT2D eigenvalue weighted by molar-refractivity contribution is 0.0929. The number of hydrogen-bond acceptors (Lipinski definition) is 4. The van der Waals surface area contributed by atoms with E-state index in [2.05, 4.69) is 0 Å². The number of fused-ring (bicyclic) bond motifs is 1. The molecule has 14 heavy (non-hydrogen) atoms. The number of halogens is 1. The van der Waals surface area contributed by atoms with E-state index in [4.69, 9.17) is 20.9 Å². The van der Waals surface area contributed by atoms with Crippen LogP contribution in [0.25, 0.3) is 0 Å². The minimum absolute atomic E-state index is 0.0368. The maximum Gasteiger partial charge on any atom is 0.171 e. The third-order valence-electron chi connectivity index (χ3n) is 2.02. The van der Waals surface area contributed by atoms with Crippen molar-refractivity contribution in [3.8, 4) is 5.75 Å². The average molecular weight is 231 g/mol. The molecule has 1 aromatic rings. The number of ether oxygens (including phenoxy) is 1. The lowest BCUT2D eigenvalue weighted by Gasteiger charge is -2.18. The summed E-state index contributed by atoms with van der Waals surface area (Å²) in [6.45, 7) is 0.352. The summed E-state index contributed by atoms with van der Waals surface area (Å²) in [6, 6.07) is 3.22. The first-order valence-corrected chi connectivity index (χ1v) is 5.19. The molecule has 0 bridgehead atoms. The van der Waals surface area contributed by atoms with Crippen molar-refractivity contribution in [1.82, 2.24) is 0 Å². The predicted octanol–water partition coefficient (Wildman–Crippen LogP) is 2.87. The van der Waals surface area contributed by atoms with E-state index in [1.165, 1.54) is 0 Å². The van der Waals surface area contributed by atoms with Crippen LogP contribution in [0.2, 0.25) is 5.02 Å². The van der Waals surface area contributed by atoms with E-state index < -0.39 is 0 Å². The summed E-state index contributed by atoms with van der Waals surface area (Å²) in [5.74, 6) is 0.354. The van der Waals surface area contributed by atoms with Gasteiger partial charge in [-0.15, -0.1) is 0 Å². The molecule has 2 rings (SSSR count). The summed E-state index contributed by atoms with van der Waals surface area (Å²) in [7, 11) is 0. The molecule has 1 aliphatic rings. The van der Waals surface area contributed by atoms with E-state index in [9.17, 15) is 4.79 Å². The summed E-state index contributed by atoms with van der Waals surface area (Å²) >= 11 is 6.40. The van der Waals surface area contributed by atoms with Gasteiger partial charge in [0.2, 0.25) is 0 Å². The molecule has 1 aliphatic heterocycles. The Labute approximate surface area is 90.2 Å². The van der Waals surface area contributed by atoms with Gasteiger partial charge in [0.25, 0.3) is 0 Å². The highest BCUT2D eigenvalue weighted by Gasteiger charge is 2.24. The number of carbonyl (C=O) groups is 1. The number of hydrogen-bond donors (Lipinski definition) is 1. The first-order valence-electron chi connectivity index (χ1n) is 4.04. The van der Waals surface area contributed by atoms with Gasteiger partial charge >= 0.3 is 0 Å². The van der Waals surface area contributed by atoms with E-state index in [0.717, 1.165) is 0 Å². The summed E-state index contributed by atoms with van der Waals surface area (Å²) < 4.78 is 14.3. The topological polar surface area (TPSA) is 46.5 Å². The summed E-state index contributed by atoms with van der Waals surface area (Å²) in [6.07, 6.45) is 0.334. The zero-order valence-electron chi connectivity index (χ0n) is 7.12. The molecule has 1 N–H and O–H groups in total. The van der Waals surface area contributed by atoms with Gasteiger partial charge in [0.1, 0.15) is 5.75 Å². The van der Waals surface area contributed by atoms with Crippen molar-refractivity contribution in [2.75, 3.05) is 6.61 Å². The van der Waals surface area contributed by atoms with Gasteiger partial charge in [0.05, 0.1) is 17.2 Å². The van der Waals surface area contributed by atoms with Crippen LogP contribution in [-0.4, -0.2) is 16.9 Å². The van der Waals surface area contributed by atoms with Crippen LogP contribution >= 0.6 is 23.6 Å². The van der Waals surface area contributed by atoms with Gasteiger partial charge in [-0.3, -0.25) is 4.79 Å². The van der Waals surface area contributed by atoms with Crippen molar-refractivity contribution in [3.63, 3.8) is 0 Å². The maximum atomic E-state index is 11.6. The predicted molar refractivity (Wildman–Crippen MR) is 54.4 cm³/mol. The van der Waals surface area contributed by atoms with Crippen LogP contribution in [0.4, 0.5) is 0 Å². The zero-order valence-corrected chi connectivity index (χ0v) is 8.69. The Morgan fingerprint density at radius 3 is 3.00 bits per heavy atom. The van der Waals surface area contributed by atoms with Gasteiger partial charge in [-0.1, -0.05) is 11.6 Å². The number of carbonyl (C=O) groups excluding carboxylic acids is 1. The molecule has 1 aromatic carbocycles. The SMILES string of the molecule is O=C1CCOc2c(Cl)ccc(SO)c21. The molecule has 5 heteroatoms. The molecule has 0 radical (unpaired) electrons. The van der Waals surface area contributed by atoms with E-state index in [0.29, 0.717) is 46.3 Å². The fraction of sp³-hybridized carbons (Fsp3) is 0.222. The fourth-order valence-corrected chi connectivity index (χ4v) is 2.03. The third kappa shape index (κ3) is 1.49. The lowest BCUT2D eigenvalue weighted by atomic mass is 10.1. The molecule has 0 aromatic heterocycles. The molecular weight excluding hydrogens is 224 g/mol. The van der Waals surface area contributed by atoms with Crippen LogP contribution in [0.15, 0.2) is 17.0 Å². The Balaban J connectivity index is 2.64. The first-order chi connectivity index (χ1) is 6.74. The number of rotatable bonds is 1. The highest BCUT2D eigenvalue weighted by atomic mass is 35.5. The van der Waals surface area contributed by atoms with Crippen LogP contribution in [0.5, 0.6) is 5.75 Å².